The molecule has 2 aromatic rings. The summed E-state index contributed by atoms with van der Waals surface area (Å²) in [4.78, 5) is 4.13. The molecule has 1 aromatic carbocycles. The first-order valence-electron chi connectivity index (χ1n) is 5.81. The van der Waals surface area contributed by atoms with Crippen LogP contribution in [0.1, 0.15) is 0 Å². The van der Waals surface area contributed by atoms with Gasteiger partial charge < -0.3 is 10.1 Å². The van der Waals surface area contributed by atoms with Gasteiger partial charge in [0.25, 0.3) is 0 Å². The highest BCUT2D eigenvalue weighted by molar-refractivity contribution is 7.92. The second-order valence-electron chi connectivity index (χ2n) is 4.16. The Morgan fingerprint density at radius 1 is 1.15 bits per heavy atom. The number of nitrogens with one attached hydrogen (secondary N) is 2. The van der Waals surface area contributed by atoms with Crippen LogP contribution in [-0.4, -0.2) is 26.8 Å². The van der Waals surface area contributed by atoms with Crippen molar-refractivity contribution in [1.82, 2.24) is 4.98 Å². The number of hydrogen-bond acceptors (Lipinski definition) is 5. The topological polar surface area (TPSA) is 80.3 Å². The molecular formula is C13H15N3O3S. The molecule has 1 aromatic heterocycles. The van der Waals surface area contributed by atoms with Crippen molar-refractivity contribution in [2.45, 2.75) is 0 Å². The van der Waals surface area contributed by atoms with Crippen LogP contribution in [0, 0.1) is 0 Å². The lowest BCUT2D eigenvalue weighted by molar-refractivity contribution is 0.415. The second kappa shape index (κ2) is 5.79. The molecule has 0 saturated carbocycles. The minimum absolute atomic E-state index is 0.420. The summed E-state index contributed by atoms with van der Waals surface area (Å²) in [5, 5.41) is 3.10. The number of benzene rings is 1. The Morgan fingerprint density at radius 2 is 1.95 bits per heavy atom. The highest BCUT2D eigenvalue weighted by atomic mass is 32.2. The SMILES string of the molecule is COc1cccc(Nc2ccc(NS(C)(=O)=O)cn2)c1. The second-order valence-corrected chi connectivity index (χ2v) is 5.91. The summed E-state index contributed by atoms with van der Waals surface area (Å²) in [5.74, 6) is 1.35. The molecule has 0 saturated heterocycles. The van der Waals surface area contributed by atoms with E-state index in [1.807, 2.05) is 24.3 Å². The van der Waals surface area contributed by atoms with Gasteiger partial charge in [0, 0.05) is 11.8 Å². The van der Waals surface area contributed by atoms with E-state index in [0.29, 0.717) is 11.5 Å². The molecule has 0 fully saturated rings. The zero-order valence-corrected chi connectivity index (χ0v) is 11.9. The van der Waals surface area contributed by atoms with Crippen molar-refractivity contribution < 1.29 is 13.2 Å². The molecule has 6 nitrogen and oxygen atoms in total. The molecule has 2 rings (SSSR count). The average Bonchev–Trinajstić information content (AvgIpc) is 2.40. The van der Waals surface area contributed by atoms with E-state index in [1.54, 1.807) is 19.2 Å². The molecule has 0 unspecified atom stereocenters. The molecule has 0 aliphatic carbocycles. The first kappa shape index (κ1) is 14.1. The predicted octanol–water partition coefficient (Wildman–Crippen LogP) is 2.21. The molecule has 0 bridgehead atoms. The molecule has 7 heteroatoms. The van der Waals surface area contributed by atoms with Crippen LogP contribution in [0.3, 0.4) is 0 Å². The highest BCUT2D eigenvalue weighted by Gasteiger charge is 2.03. The number of methoxy groups -OCH3 is 1. The first-order valence-corrected chi connectivity index (χ1v) is 7.70. The van der Waals surface area contributed by atoms with E-state index in [2.05, 4.69) is 15.0 Å². The van der Waals surface area contributed by atoms with E-state index in [9.17, 15) is 8.42 Å². The van der Waals surface area contributed by atoms with Crippen LogP contribution < -0.4 is 14.8 Å². The number of ether oxygens (including phenoxy) is 1. The van der Waals surface area contributed by atoms with Crippen LogP contribution in [0.15, 0.2) is 42.6 Å². The van der Waals surface area contributed by atoms with E-state index in [0.717, 1.165) is 17.7 Å². The van der Waals surface area contributed by atoms with E-state index >= 15 is 0 Å². The highest BCUT2D eigenvalue weighted by Crippen LogP contribution is 2.20. The van der Waals surface area contributed by atoms with E-state index in [4.69, 9.17) is 4.74 Å². The van der Waals surface area contributed by atoms with Crippen LogP contribution in [0.25, 0.3) is 0 Å². The van der Waals surface area contributed by atoms with Crippen molar-refractivity contribution in [3.05, 3.63) is 42.6 Å². The van der Waals surface area contributed by atoms with Gasteiger partial charge in [0.05, 0.1) is 25.2 Å². The minimum Gasteiger partial charge on any atom is -0.497 e. The molecule has 1 heterocycles. The number of nitrogens with zero attached hydrogens (tertiary/aromatic N) is 1. The molecule has 0 aliphatic heterocycles. The summed E-state index contributed by atoms with van der Waals surface area (Å²) in [6.07, 6.45) is 2.54. The lowest BCUT2D eigenvalue weighted by atomic mass is 10.3. The number of pyridine rings is 1. The lowest BCUT2D eigenvalue weighted by Crippen LogP contribution is -2.09. The lowest BCUT2D eigenvalue weighted by Gasteiger charge is -2.08. The van der Waals surface area contributed by atoms with Crippen LogP contribution in [0.4, 0.5) is 17.2 Å². The van der Waals surface area contributed by atoms with Gasteiger partial charge in [0.2, 0.25) is 10.0 Å². The Morgan fingerprint density at radius 3 is 2.55 bits per heavy atom. The van der Waals surface area contributed by atoms with E-state index < -0.39 is 10.0 Å². The standard InChI is InChI=1S/C13H15N3O3S/c1-19-12-5-3-4-10(8-12)15-13-7-6-11(9-14-13)16-20(2,17)18/h3-9,16H,1-2H3,(H,14,15). The molecule has 0 spiro atoms. The van der Waals surface area contributed by atoms with Gasteiger partial charge >= 0.3 is 0 Å². The van der Waals surface area contributed by atoms with Crippen LogP contribution in [0.2, 0.25) is 0 Å². The quantitative estimate of drug-likeness (QED) is 0.883. The normalized spacial score (nSPS) is 10.9. The molecule has 106 valence electrons. The smallest absolute Gasteiger partial charge is 0.229 e. The molecule has 20 heavy (non-hydrogen) atoms. The zero-order chi connectivity index (χ0) is 14.6. The summed E-state index contributed by atoms with van der Waals surface area (Å²) >= 11 is 0. The number of sulfonamides is 1. The number of aromatic nitrogens is 1. The van der Waals surface area contributed by atoms with Crippen LogP contribution >= 0.6 is 0 Å². The van der Waals surface area contributed by atoms with Crippen molar-refractivity contribution in [3.63, 3.8) is 0 Å². The van der Waals surface area contributed by atoms with Crippen molar-refractivity contribution in [2.75, 3.05) is 23.4 Å². The van der Waals surface area contributed by atoms with Gasteiger partial charge in [-0.2, -0.15) is 0 Å². The summed E-state index contributed by atoms with van der Waals surface area (Å²) in [6.45, 7) is 0. The maximum absolute atomic E-state index is 11.1. The summed E-state index contributed by atoms with van der Waals surface area (Å²) in [5.41, 5.74) is 1.25. The maximum Gasteiger partial charge on any atom is 0.229 e. The average molecular weight is 293 g/mol. The Balaban J connectivity index is 2.10. The van der Waals surface area contributed by atoms with E-state index in [-0.39, 0.29) is 0 Å². The zero-order valence-electron chi connectivity index (χ0n) is 11.1. The fourth-order valence-electron chi connectivity index (χ4n) is 1.59. The summed E-state index contributed by atoms with van der Waals surface area (Å²) in [7, 11) is -1.68. The third-order valence-corrected chi connectivity index (χ3v) is 3.02. The van der Waals surface area contributed by atoms with Gasteiger partial charge in [-0.05, 0) is 24.3 Å². The van der Waals surface area contributed by atoms with Gasteiger partial charge in [0.1, 0.15) is 11.6 Å². The minimum atomic E-state index is -3.28. The van der Waals surface area contributed by atoms with Gasteiger partial charge in [-0.15, -0.1) is 0 Å². The van der Waals surface area contributed by atoms with Gasteiger partial charge in [-0.25, -0.2) is 13.4 Å². The summed E-state index contributed by atoms with van der Waals surface area (Å²) in [6, 6.07) is 10.7. The Hall–Kier alpha value is -2.28. The number of anilines is 3. The van der Waals surface area contributed by atoms with Gasteiger partial charge in [-0.1, -0.05) is 6.07 Å². The molecule has 0 aliphatic rings. The summed E-state index contributed by atoms with van der Waals surface area (Å²) < 4.78 is 29.6. The molecule has 0 amide bonds. The fourth-order valence-corrected chi connectivity index (χ4v) is 2.14. The Bertz CT molecular complexity index is 684. The maximum atomic E-state index is 11.1. The molecule has 0 atom stereocenters. The first-order chi connectivity index (χ1) is 9.46. The molecular weight excluding hydrogens is 278 g/mol. The monoisotopic (exact) mass is 293 g/mol. The Labute approximate surface area is 117 Å². The third kappa shape index (κ3) is 4.13. The van der Waals surface area contributed by atoms with Gasteiger partial charge in [-0.3, -0.25) is 4.72 Å². The predicted molar refractivity (Wildman–Crippen MR) is 79.0 cm³/mol. The largest absolute Gasteiger partial charge is 0.497 e. The van der Waals surface area contributed by atoms with Gasteiger partial charge in [0.15, 0.2) is 0 Å². The fraction of sp³-hybridized carbons (Fsp3) is 0.154. The van der Waals surface area contributed by atoms with Crippen molar-refractivity contribution in [2.24, 2.45) is 0 Å². The molecule has 2 N–H and O–H groups in total. The number of rotatable bonds is 5. The third-order valence-electron chi connectivity index (χ3n) is 2.41. The number of hydrogen-bond donors (Lipinski definition) is 2. The van der Waals surface area contributed by atoms with Crippen molar-refractivity contribution >= 4 is 27.2 Å². The van der Waals surface area contributed by atoms with Crippen molar-refractivity contribution in [1.29, 1.82) is 0 Å². The molecule has 0 radical (unpaired) electrons. The van der Waals surface area contributed by atoms with Crippen LogP contribution in [-0.2, 0) is 10.0 Å². The van der Waals surface area contributed by atoms with Crippen LogP contribution in [0.5, 0.6) is 5.75 Å². The van der Waals surface area contributed by atoms with Crippen molar-refractivity contribution in [3.8, 4) is 5.75 Å². The Kier molecular flexibility index (Phi) is 4.09. The van der Waals surface area contributed by atoms with E-state index in [1.165, 1.54) is 6.20 Å².